The van der Waals surface area contributed by atoms with Crippen LogP contribution in [0.5, 0.6) is 0 Å². The van der Waals surface area contributed by atoms with Crippen LogP contribution in [-0.2, 0) is 9.59 Å². The summed E-state index contributed by atoms with van der Waals surface area (Å²) < 4.78 is 0. The zero-order valence-corrected chi connectivity index (χ0v) is 16.4. The van der Waals surface area contributed by atoms with Crippen molar-refractivity contribution >= 4 is 23.2 Å². The van der Waals surface area contributed by atoms with Gasteiger partial charge in [0.15, 0.2) is 0 Å². The quantitative estimate of drug-likeness (QED) is 0.811. The molecule has 6 nitrogen and oxygen atoms in total. The van der Waals surface area contributed by atoms with Crippen LogP contribution in [0.25, 0.3) is 0 Å². The second kappa shape index (κ2) is 8.65. The topological polar surface area (TPSA) is 65.0 Å². The van der Waals surface area contributed by atoms with Gasteiger partial charge >= 0.3 is 0 Å². The Morgan fingerprint density at radius 1 is 1.11 bits per heavy atom. The monoisotopic (exact) mass is 370 g/mol. The van der Waals surface area contributed by atoms with Crippen molar-refractivity contribution in [1.82, 2.24) is 10.2 Å². The minimum absolute atomic E-state index is 0.0102. The number of amides is 2. The summed E-state index contributed by atoms with van der Waals surface area (Å²) >= 11 is 0. The van der Waals surface area contributed by atoms with Gasteiger partial charge in [0.1, 0.15) is 5.71 Å². The van der Waals surface area contributed by atoms with Crippen molar-refractivity contribution in [1.29, 1.82) is 0 Å². The van der Waals surface area contributed by atoms with Gasteiger partial charge in [0.25, 0.3) is 5.91 Å². The van der Waals surface area contributed by atoms with Gasteiger partial charge in [-0.2, -0.15) is 5.10 Å². The lowest BCUT2D eigenvalue weighted by Gasteiger charge is -2.39. The molecule has 1 aliphatic heterocycles. The van der Waals surface area contributed by atoms with Gasteiger partial charge in [-0.25, -0.2) is 5.01 Å². The summed E-state index contributed by atoms with van der Waals surface area (Å²) in [5.41, 5.74) is 1.14. The Bertz CT molecular complexity index is 691. The number of hydrogen-bond acceptors (Lipinski definition) is 4. The SMILES string of the molecule is CN(C)C1(CNC(=O)C2=NN(c3ccccc3)C(=O)CC2)CCCCCC1. The molecule has 2 amide bonds. The molecule has 0 saturated heterocycles. The number of hydrazone groups is 1. The molecule has 1 N–H and O–H groups in total. The van der Waals surface area contributed by atoms with E-state index in [1.807, 2.05) is 30.3 Å². The Labute approximate surface area is 161 Å². The predicted octanol–water partition coefficient (Wildman–Crippen LogP) is 2.94. The van der Waals surface area contributed by atoms with E-state index in [0.29, 0.717) is 30.8 Å². The summed E-state index contributed by atoms with van der Waals surface area (Å²) in [7, 11) is 4.21. The third kappa shape index (κ3) is 4.56. The number of nitrogens with zero attached hydrogens (tertiary/aromatic N) is 3. The summed E-state index contributed by atoms with van der Waals surface area (Å²) in [5, 5.41) is 8.82. The maximum atomic E-state index is 12.8. The van der Waals surface area contributed by atoms with Crippen molar-refractivity contribution < 1.29 is 9.59 Å². The summed E-state index contributed by atoms with van der Waals surface area (Å²) in [6.07, 6.45) is 7.83. The van der Waals surface area contributed by atoms with Gasteiger partial charge < -0.3 is 10.2 Å². The van der Waals surface area contributed by atoms with Crippen molar-refractivity contribution in [3.63, 3.8) is 0 Å². The first kappa shape index (κ1) is 19.5. The molecule has 146 valence electrons. The van der Waals surface area contributed by atoms with Crippen molar-refractivity contribution in [2.24, 2.45) is 5.10 Å². The number of para-hydroxylation sites is 1. The highest BCUT2D eigenvalue weighted by molar-refractivity contribution is 6.40. The van der Waals surface area contributed by atoms with E-state index >= 15 is 0 Å². The Hall–Kier alpha value is -2.21. The normalized spacial score (nSPS) is 20.2. The number of rotatable bonds is 5. The summed E-state index contributed by atoms with van der Waals surface area (Å²) in [4.78, 5) is 27.3. The number of benzene rings is 1. The lowest BCUT2D eigenvalue weighted by atomic mass is 9.88. The fraction of sp³-hybridized carbons (Fsp3) is 0.571. The van der Waals surface area contributed by atoms with Gasteiger partial charge in [-0.1, -0.05) is 43.9 Å². The molecule has 1 fully saturated rings. The Morgan fingerprint density at radius 3 is 2.41 bits per heavy atom. The number of carbonyl (C=O) groups is 2. The van der Waals surface area contributed by atoms with Crippen LogP contribution in [0.15, 0.2) is 35.4 Å². The molecule has 1 aromatic rings. The molecule has 1 aromatic carbocycles. The first-order valence-corrected chi connectivity index (χ1v) is 9.93. The maximum Gasteiger partial charge on any atom is 0.267 e. The van der Waals surface area contributed by atoms with Crippen molar-refractivity contribution in [2.75, 3.05) is 25.6 Å². The van der Waals surface area contributed by atoms with Crippen LogP contribution in [0, 0.1) is 0 Å². The zero-order valence-electron chi connectivity index (χ0n) is 16.4. The van der Waals surface area contributed by atoms with Crippen molar-refractivity contribution in [2.45, 2.75) is 56.9 Å². The minimum Gasteiger partial charge on any atom is -0.349 e. The van der Waals surface area contributed by atoms with E-state index in [9.17, 15) is 9.59 Å². The lowest BCUT2D eigenvalue weighted by molar-refractivity contribution is -0.119. The standard InChI is InChI=1S/C21H30N4O2/c1-24(2)21(14-8-3-4-9-15-21)16-22-20(27)18-12-13-19(26)25(23-18)17-10-6-5-7-11-17/h5-7,10-11H,3-4,8-9,12-16H2,1-2H3,(H,22,27). The van der Waals surface area contributed by atoms with Gasteiger partial charge in [-0.15, -0.1) is 0 Å². The van der Waals surface area contributed by atoms with Gasteiger partial charge in [-0.05, 0) is 39.1 Å². The van der Waals surface area contributed by atoms with Crippen LogP contribution in [0.4, 0.5) is 5.69 Å². The average molecular weight is 370 g/mol. The highest BCUT2D eigenvalue weighted by Crippen LogP contribution is 2.30. The molecular formula is C21H30N4O2. The third-order valence-electron chi connectivity index (χ3n) is 5.86. The van der Waals surface area contributed by atoms with E-state index in [1.54, 1.807) is 0 Å². The maximum absolute atomic E-state index is 12.8. The van der Waals surface area contributed by atoms with E-state index in [0.717, 1.165) is 12.8 Å². The molecule has 2 aliphatic rings. The highest BCUT2D eigenvalue weighted by Gasteiger charge is 2.34. The smallest absolute Gasteiger partial charge is 0.267 e. The fourth-order valence-corrected chi connectivity index (χ4v) is 4.00. The molecular weight excluding hydrogens is 340 g/mol. The molecule has 27 heavy (non-hydrogen) atoms. The third-order valence-corrected chi connectivity index (χ3v) is 5.86. The molecule has 0 radical (unpaired) electrons. The van der Waals surface area contributed by atoms with Crippen molar-refractivity contribution in [3.8, 4) is 0 Å². The Morgan fingerprint density at radius 2 is 1.78 bits per heavy atom. The molecule has 0 spiro atoms. The lowest BCUT2D eigenvalue weighted by Crippen LogP contribution is -2.53. The zero-order chi connectivity index (χ0) is 19.3. The number of anilines is 1. The second-order valence-electron chi connectivity index (χ2n) is 7.80. The molecule has 0 atom stereocenters. The minimum atomic E-state index is -0.158. The fourth-order valence-electron chi connectivity index (χ4n) is 4.00. The molecule has 1 heterocycles. The van der Waals surface area contributed by atoms with Crippen LogP contribution < -0.4 is 10.3 Å². The van der Waals surface area contributed by atoms with E-state index in [1.165, 1.54) is 30.7 Å². The predicted molar refractivity (Wildman–Crippen MR) is 108 cm³/mol. The first-order valence-electron chi connectivity index (χ1n) is 9.93. The average Bonchev–Trinajstić information content (AvgIpc) is 2.94. The largest absolute Gasteiger partial charge is 0.349 e. The summed E-state index contributed by atoms with van der Waals surface area (Å²) in [5.74, 6) is -0.236. The van der Waals surface area contributed by atoms with E-state index < -0.39 is 0 Å². The van der Waals surface area contributed by atoms with Crippen LogP contribution in [0.3, 0.4) is 0 Å². The molecule has 0 unspecified atom stereocenters. The second-order valence-corrected chi connectivity index (χ2v) is 7.80. The molecule has 3 rings (SSSR count). The molecule has 0 bridgehead atoms. The van der Waals surface area contributed by atoms with Gasteiger partial charge in [0.2, 0.25) is 5.91 Å². The van der Waals surface area contributed by atoms with Gasteiger partial charge in [-0.3, -0.25) is 9.59 Å². The van der Waals surface area contributed by atoms with Gasteiger partial charge in [0.05, 0.1) is 5.69 Å². The Balaban J connectivity index is 1.70. The molecule has 0 aromatic heterocycles. The van der Waals surface area contributed by atoms with Crippen LogP contribution >= 0.6 is 0 Å². The van der Waals surface area contributed by atoms with E-state index in [-0.39, 0.29) is 17.4 Å². The summed E-state index contributed by atoms with van der Waals surface area (Å²) in [6, 6.07) is 9.27. The highest BCUT2D eigenvalue weighted by atomic mass is 16.2. The summed E-state index contributed by atoms with van der Waals surface area (Å²) in [6.45, 7) is 0.622. The Kier molecular flexibility index (Phi) is 6.26. The number of nitrogens with one attached hydrogen (secondary N) is 1. The molecule has 1 aliphatic carbocycles. The van der Waals surface area contributed by atoms with Crippen molar-refractivity contribution in [3.05, 3.63) is 30.3 Å². The van der Waals surface area contributed by atoms with E-state index in [2.05, 4.69) is 29.4 Å². The number of hydrogen-bond donors (Lipinski definition) is 1. The number of likely N-dealkylation sites (N-methyl/N-ethyl adjacent to an activating group) is 1. The van der Waals surface area contributed by atoms with E-state index in [4.69, 9.17) is 0 Å². The molecule has 6 heteroatoms. The van der Waals surface area contributed by atoms with Crippen LogP contribution in [0.1, 0.15) is 51.4 Å². The van der Waals surface area contributed by atoms with Gasteiger partial charge in [0, 0.05) is 24.9 Å². The van der Waals surface area contributed by atoms with Crippen LogP contribution in [0.2, 0.25) is 0 Å². The molecule has 1 saturated carbocycles. The number of carbonyl (C=O) groups excluding carboxylic acids is 2. The van der Waals surface area contributed by atoms with Crippen LogP contribution in [-0.4, -0.2) is 48.6 Å². The first-order chi connectivity index (χ1) is 13.0.